The number of amides is 1. The van der Waals surface area contributed by atoms with E-state index in [0.717, 1.165) is 13.0 Å². The number of anilines is 1. The quantitative estimate of drug-likeness (QED) is 0.545. The van der Waals surface area contributed by atoms with Crippen LogP contribution in [-0.2, 0) is 0 Å². The molecule has 0 aromatic carbocycles. The Balaban J connectivity index is 2.41. The Bertz CT molecular complexity index is 375. The SMILES string of the molecule is C=CCNC(=O)c1ccc(NCCCCC)nn1. The fraction of sp³-hybridized carbons (Fsp3) is 0.462. The number of unbranched alkanes of at least 4 members (excludes halogenated alkanes) is 2. The van der Waals surface area contributed by atoms with Crippen molar-refractivity contribution in [2.75, 3.05) is 18.4 Å². The molecule has 1 heterocycles. The number of carbonyl (C=O) groups excluding carboxylic acids is 1. The van der Waals surface area contributed by atoms with Gasteiger partial charge in [-0.05, 0) is 18.6 Å². The van der Waals surface area contributed by atoms with Gasteiger partial charge in [0.15, 0.2) is 5.69 Å². The van der Waals surface area contributed by atoms with Gasteiger partial charge in [0.25, 0.3) is 5.91 Å². The largest absolute Gasteiger partial charge is 0.369 e. The molecule has 0 atom stereocenters. The second-order valence-corrected chi connectivity index (χ2v) is 3.94. The lowest BCUT2D eigenvalue weighted by molar-refractivity contribution is 0.0952. The fourth-order valence-electron chi connectivity index (χ4n) is 1.39. The molecule has 5 nitrogen and oxygen atoms in total. The van der Waals surface area contributed by atoms with Crippen molar-refractivity contribution in [3.05, 3.63) is 30.5 Å². The maximum Gasteiger partial charge on any atom is 0.272 e. The van der Waals surface area contributed by atoms with Crippen molar-refractivity contribution in [1.82, 2.24) is 15.5 Å². The van der Waals surface area contributed by atoms with Gasteiger partial charge in [-0.2, -0.15) is 0 Å². The fourth-order valence-corrected chi connectivity index (χ4v) is 1.39. The van der Waals surface area contributed by atoms with Crippen LogP contribution in [0.3, 0.4) is 0 Å². The molecule has 98 valence electrons. The smallest absolute Gasteiger partial charge is 0.272 e. The third-order valence-corrected chi connectivity index (χ3v) is 2.39. The van der Waals surface area contributed by atoms with Gasteiger partial charge >= 0.3 is 0 Å². The van der Waals surface area contributed by atoms with Crippen LogP contribution < -0.4 is 10.6 Å². The summed E-state index contributed by atoms with van der Waals surface area (Å²) in [6, 6.07) is 3.43. The van der Waals surface area contributed by atoms with Crippen LogP contribution in [0.25, 0.3) is 0 Å². The van der Waals surface area contributed by atoms with Crippen LogP contribution in [0.2, 0.25) is 0 Å². The standard InChI is InChI=1S/C13H20N4O/c1-3-5-6-10-14-12-8-7-11(16-17-12)13(18)15-9-4-2/h4,7-8H,2-3,5-6,9-10H2,1H3,(H,14,17)(H,15,18). The summed E-state index contributed by atoms with van der Waals surface area (Å²) in [4.78, 5) is 11.5. The van der Waals surface area contributed by atoms with Crippen molar-refractivity contribution < 1.29 is 4.79 Å². The summed E-state index contributed by atoms with van der Waals surface area (Å²) in [6.45, 7) is 7.00. The van der Waals surface area contributed by atoms with Gasteiger partial charge in [0, 0.05) is 13.1 Å². The van der Waals surface area contributed by atoms with Crippen molar-refractivity contribution in [2.24, 2.45) is 0 Å². The molecule has 0 unspecified atom stereocenters. The molecule has 1 rings (SSSR count). The van der Waals surface area contributed by atoms with Crippen LogP contribution in [0.4, 0.5) is 5.82 Å². The molecule has 0 aliphatic heterocycles. The predicted octanol–water partition coefficient (Wildman–Crippen LogP) is 1.99. The maximum atomic E-state index is 11.5. The van der Waals surface area contributed by atoms with Crippen molar-refractivity contribution in [2.45, 2.75) is 26.2 Å². The minimum atomic E-state index is -0.236. The maximum absolute atomic E-state index is 11.5. The Labute approximate surface area is 108 Å². The van der Waals surface area contributed by atoms with E-state index in [4.69, 9.17) is 0 Å². The molecule has 0 saturated heterocycles. The molecule has 18 heavy (non-hydrogen) atoms. The van der Waals surface area contributed by atoms with Gasteiger partial charge < -0.3 is 10.6 Å². The second kappa shape index (κ2) is 8.22. The van der Waals surface area contributed by atoms with Crippen LogP contribution in [0.5, 0.6) is 0 Å². The molecule has 1 aromatic heterocycles. The molecule has 5 heteroatoms. The Morgan fingerprint density at radius 3 is 2.83 bits per heavy atom. The lowest BCUT2D eigenvalue weighted by Gasteiger charge is -2.05. The molecule has 0 radical (unpaired) electrons. The lowest BCUT2D eigenvalue weighted by atomic mass is 10.2. The topological polar surface area (TPSA) is 66.9 Å². The van der Waals surface area contributed by atoms with Gasteiger partial charge in [-0.25, -0.2) is 0 Å². The molecule has 0 aliphatic rings. The van der Waals surface area contributed by atoms with E-state index in [1.807, 2.05) is 0 Å². The number of carbonyl (C=O) groups is 1. The highest BCUT2D eigenvalue weighted by atomic mass is 16.1. The van der Waals surface area contributed by atoms with E-state index in [1.54, 1.807) is 18.2 Å². The average Bonchev–Trinajstić information content (AvgIpc) is 2.41. The molecule has 1 amide bonds. The zero-order valence-corrected chi connectivity index (χ0v) is 10.8. The first-order chi connectivity index (χ1) is 8.77. The summed E-state index contributed by atoms with van der Waals surface area (Å²) in [5.41, 5.74) is 0.316. The highest BCUT2D eigenvalue weighted by molar-refractivity contribution is 5.92. The van der Waals surface area contributed by atoms with Crippen molar-refractivity contribution >= 4 is 11.7 Å². The van der Waals surface area contributed by atoms with E-state index < -0.39 is 0 Å². The van der Waals surface area contributed by atoms with E-state index in [0.29, 0.717) is 18.1 Å². The molecule has 1 aromatic rings. The first-order valence-electron chi connectivity index (χ1n) is 6.24. The van der Waals surface area contributed by atoms with Crippen LogP contribution in [-0.4, -0.2) is 29.2 Å². The minimum absolute atomic E-state index is 0.236. The van der Waals surface area contributed by atoms with Crippen molar-refractivity contribution in [3.63, 3.8) is 0 Å². The molecular formula is C13H20N4O. The Morgan fingerprint density at radius 1 is 1.39 bits per heavy atom. The molecule has 0 bridgehead atoms. The minimum Gasteiger partial charge on any atom is -0.369 e. The third kappa shape index (κ3) is 4.95. The Morgan fingerprint density at radius 2 is 2.22 bits per heavy atom. The number of hydrogen-bond acceptors (Lipinski definition) is 4. The van der Waals surface area contributed by atoms with Crippen LogP contribution >= 0.6 is 0 Å². The molecule has 0 aliphatic carbocycles. The van der Waals surface area contributed by atoms with Crippen molar-refractivity contribution in [3.8, 4) is 0 Å². The summed E-state index contributed by atoms with van der Waals surface area (Å²) in [7, 11) is 0. The monoisotopic (exact) mass is 248 g/mol. The Kier molecular flexibility index (Phi) is 6.46. The van der Waals surface area contributed by atoms with Crippen LogP contribution in [0, 0.1) is 0 Å². The van der Waals surface area contributed by atoms with E-state index in [9.17, 15) is 4.79 Å². The van der Waals surface area contributed by atoms with Gasteiger partial charge in [-0.15, -0.1) is 16.8 Å². The third-order valence-electron chi connectivity index (χ3n) is 2.39. The molecule has 2 N–H and O–H groups in total. The van der Waals surface area contributed by atoms with E-state index in [-0.39, 0.29) is 5.91 Å². The highest BCUT2D eigenvalue weighted by Gasteiger charge is 2.06. The van der Waals surface area contributed by atoms with Gasteiger partial charge in [0.1, 0.15) is 5.82 Å². The van der Waals surface area contributed by atoms with E-state index >= 15 is 0 Å². The number of rotatable bonds is 8. The summed E-state index contributed by atoms with van der Waals surface area (Å²) in [6.07, 6.45) is 5.12. The lowest BCUT2D eigenvalue weighted by Crippen LogP contribution is -2.24. The van der Waals surface area contributed by atoms with Gasteiger partial charge in [0.2, 0.25) is 0 Å². The van der Waals surface area contributed by atoms with Gasteiger partial charge in [0.05, 0.1) is 0 Å². The number of hydrogen-bond donors (Lipinski definition) is 2. The first-order valence-corrected chi connectivity index (χ1v) is 6.24. The van der Waals surface area contributed by atoms with E-state index in [1.165, 1.54) is 12.8 Å². The summed E-state index contributed by atoms with van der Waals surface area (Å²) in [5, 5.41) is 13.6. The van der Waals surface area contributed by atoms with E-state index in [2.05, 4.69) is 34.3 Å². The first kappa shape index (κ1) is 14.2. The molecule has 0 spiro atoms. The number of aromatic nitrogens is 2. The van der Waals surface area contributed by atoms with Gasteiger partial charge in [-0.3, -0.25) is 4.79 Å². The molecule has 0 saturated carbocycles. The molecule has 0 fully saturated rings. The van der Waals surface area contributed by atoms with Crippen molar-refractivity contribution in [1.29, 1.82) is 0 Å². The number of nitrogens with one attached hydrogen (secondary N) is 2. The average molecular weight is 248 g/mol. The highest BCUT2D eigenvalue weighted by Crippen LogP contribution is 2.03. The van der Waals surface area contributed by atoms with Crippen LogP contribution in [0.1, 0.15) is 36.7 Å². The van der Waals surface area contributed by atoms with Gasteiger partial charge in [-0.1, -0.05) is 25.8 Å². The summed E-state index contributed by atoms with van der Waals surface area (Å²) in [5.74, 6) is 0.464. The summed E-state index contributed by atoms with van der Waals surface area (Å²) >= 11 is 0. The normalized spacial score (nSPS) is 9.83. The zero-order valence-electron chi connectivity index (χ0n) is 10.8. The number of nitrogens with zero attached hydrogens (tertiary/aromatic N) is 2. The van der Waals surface area contributed by atoms with Crippen LogP contribution in [0.15, 0.2) is 24.8 Å². The predicted molar refractivity (Wildman–Crippen MR) is 72.6 cm³/mol. The molecular weight excluding hydrogens is 228 g/mol. The Hall–Kier alpha value is -1.91. The summed E-state index contributed by atoms with van der Waals surface area (Å²) < 4.78 is 0. The second-order valence-electron chi connectivity index (χ2n) is 3.94. The zero-order chi connectivity index (χ0) is 13.2.